The first-order chi connectivity index (χ1) is 8.33. The molecule has 0 saturated carbocycles. The quantitative estimate of drug-likeness (QED) is 0.752. The molecule has 1 heterocycles. The third-order valence-electron chi connectivity index (χ3n) is 2.95. The molecule has 1 aliphatic heterocycles. The summed E-state index contributed by atoms with van der Waals surface area (Å²) in [6.45, 7) is 4.68. The van der Waals surface area contributed by atoms with Gasteiger partial charge in [0.2, 0.25) is 0 Å². The average molecular weight is 278 g/mol. The molecule has 106 valence electrons. The van der Waals surface area contributed by atoms with Crippen LogP contribution in [0.4, 0.5) is 0 Å². The van der Waals surface area contributed by atoms with Gasteiger partial charge >= 0.3 is 5.97 Å². The lowest BCUT2D eigenvalue weighted by atomic mass is 10.1. The molecule has 1 atom stereocenters. The van der Waals surface area contributed by atoms with E-state index in [2.05, 4.69) is 4.72 Å². The molecule has 0 aromatic carbocycles. The maximum absolute atomic E-state index is 12.0. The van der Waals surface area contributed by atoms with Gasteiger partial charge in [0.15, 0.2) is 0 Å². The van der Waals surface area contributed by atoms with E-state index >= 15 is 0 Å². The first-order valence-corrected chi connectivity index (χ1v) is 7.77. The molecule has 0 aromatic rings. The van der Waals surface area contributed by atoms with Crippen LogP contribution in [-0.4, -0.2) is 42.9 Å². The monoisotopic (exact) mass is 278 g/mol. The summed E-state index contributed by atoms with van der Waals surface area (Å²) in [4.78, 5) is 11.1. The van der Waals surface area contributed by atoms with Gasteiger partial charge in [-0.25, -0.2) is 0 Å². The largest absolute Gasteiger partial charge is 0.480 e. The number of nitrogens with zero attached hydrogens (tertiary/aromatic N) is 1. The van der Waals surface area contributed by atoms with Crippen molar-refractivity contribution in [2.45, 2.75) is 45.6 Å². The van der Waals surface area contributed by atoms with E-state index in [1.807, 2.05) is 13.8 Å². The van der Waals surface area contributed by atoms with Crippen LogP contribution in [0.15, 0.2) is 0 Å². The van der Waals surface area contributed by atoms with E-state index in [0.29, 0.717) is 19.5 Å². The van der Waals surface area contributed by atoms with Crippen molar-refractivity contribution >= 4 is 16.2 Å². The van der Waals surface area contributed by atoms with Crippen LogP contribution in [0.5, 0.6) is 0 Å². The van der Waals surface area contributed by atoms with Gasteiger partial charge < -0.3 is 5.11 Å². The minimum Gasteiger partial charge on any atom is -0.480 e. The molecule has 1 saturated heterocycles. The Morgan fingerprint density at radius 3 is 2.28 bits per heavy atom. The molecule has 1 aliphatic rings. The van der Waals surface area contributed by atoms with Crippen molar-refractivity contribution in [2.75, 3.05) is 13.1 Å². The lowest BCUT2D eigenvalue weighted by molar-refractivity contribution is -0.139. The molecule has 0 bridgehead atoms. The van der Waals surface area contributed by atoms with E-state index < -0.39 is 22.2 Å². The Kier molecular flexibility index (Phi) is 5.55. The Hall–Kier alpha value is -0.660. The van der Waals surface area contributed by atoms with E-state index in [0.717, 1.165) is 19.3 Å². The first-order valence-electron chi connectivity index (χ1n) is 6.33. The predicted molar refractivity (Wildman–Crippen MR) is 68.4 cm³/mol. The summed E-state index contributed by atoms with van der Waals surface area (Å²) in [5, 5.41) is 9.04. The van der Waals surface area contributed by atoms with Crippen LogP contribution in [0.2, 0.25) is 0 Å². The second kappa shape index (κ2) is 6.49. The van der Waals surface area contributed by atoms with E-state index in [1.165, 1.54) is 4.31 Å². The second-order valence-electron chi connectivity index (χ2n) is 5.10. The van der Waals surface area contributed by atoms with Gasteiger partial charge in [0.25, 0.3) is 10.2 Å². The molecule has 1 rings (SSSR count). The fraction of sp³-hybridized carbons (Fsp3) is 0.909. The molecule has 0 spiro atoms. The van der Waals surface area contributed by atoms with Gasteiger partial charge in [-0.1, -0.05) is 20.3 Å². The zero-order chi connectivity index (χ0) is 13.8. The van der Waals surface area contributed by atoms with Crippen LogP contribution in [0, 0.1) is 5.92 Å². The Morgan fingerprint density at radius 1 is 1.28 bits per heavy atom. The predicted octanol–water partition coefficient (Wildman–Crippen LogP) is 0.806. The lowest BCUT2D eigenvalue weighted by Crippen LogP contribution is -2.50. The Balaban J connectivity index is 2.68. The van der Waals surface area contributed by atoms with E-state index in [4.69, 9.17) is 5.11 Å². The highest BCUT2D eigenvalue weighted by molar-refractivity contribution is 7.87. The summed E-state index contributed by atoms with van der Waals surface area (Å²) in [5.41, 5.74) is 0. The molecule has 0 aliphatic carbocycles. The number of piperidine rings is 1. The van der Waals surface area contributed by atoms with Gasteiger partial charge in [-0.15, -0.1) is 0 Å². The summed E-state index contributed by atoms with van der Waals surface area (Å²) >= 11 is 0. The summed E-state index contributed by atoms with van der Waals surface area (Å²) in [6.07, 6.45) is 2.99. The first kappa shape index (κ1) is 15.4. The Bertz CT molecular complexity index is 375. The number of carboxylic acid groups (broad SMARTS) is 1. The zero-order valence-electron chi connectivity index (χ0n) is 10.9. The van der Waals surface area contributed by atoms with Crippen molar-refractivity contribution in [3.8, 4) is 0 Å². The molecule has 18 heavy (non-hydrogen) atoms. The summed E-state index contributed by atoms with van der Waals surface area (Å²) in [7, 11) is -3.67. The number of hydrogen-bond acceptors (Lipinski definition) is 3. The topological polar surface area (TPSA) is 86.7 Å². The maximum atomic E-state index is 12.0. The fourth-order valence-electron chi connectivity index (χ4n) is 2.03. The van der Waals surface area contributed by atoms with Crippen molar-refractivity contribution in [3.63, 3.8) is 0 Å². The van der Waals surface area contributed by atoms with E-state index in [-0.39, 0.29) is 5.92 Å². The number of carboxylic acids is 1. The van der Waals surface area contributed by atoms with Gasteiger partial charge in [-0.05, 0) is 25.2 Å². The normalized spacial score (nSPS) is 19.9. The maximum Gasteiger partial charge on any atom is 0.321 e. The van der Waals surface area contributed by atoms with Gasteiger partial charge in [0.1, 0.15) is 6.04 Å². The van der Waals surface area contributed by atoms with Gasteiger partial charge in [0, 0.05) is 13.1 Å². The summed E-state index contributed by atoms with van der Waals surface area (Å²) in [6, 6.07) is -1.04. The van der Waals surface area contributed by atoms with Crippen LogP contribution in [0.3, 0.4) is 0 Å². The number of carbonyl (C=O) groups is 1. The smallest absolute Gasteiger partial charge is 0.321 e. The highest BCUT2D eigenvalue weighted by Gasteiger charge is 2.30. The zero-order valence-corrected chi connectivity index (χ0v) is 11.7. The van der Waals surface area contributed by atoms with E-state index in [1.54, 1.807) is 0 Å². The number of aliphatic carboxylic acids is 1. The lowest BCUT2D eigenvalue weighted by Gasteiger charge is -2.27. The third-order valence-corrected chi connectivity index (χ3v) is 4.58. The summed E-state index contributed by atoms with van der Waals surface area (Å²) in [5.74, 6) is -1.00. The molecule has 0 radical (unpaired) electrons. The molecule has 2 N–H and O–H groups in total. The molecule has 7 heteroatoms. The van der Waals surface area contributed by atoms with Gasteiger partial charge in [-0.2, -0.15) is 17.4 Å². The van der Waals surface area contributed by atoms with Crippen molar-refractivity contribution in [3.05, 3.63) is 0 Å². The van der Waals surface area contributed by atoms with Crippen LogP contribution < -0.4 is 4.72 Å². The number of rotatable bonds is 6. The van der Waals surface area contributed by atoms with E-state index in [9.17, 15) is 13.2 Å². The van der Waals surface area contributed by atoms with Gasteiger partial charge in [0.05, 0.1) is 0 Å². The van der Waals surface area contributed by atoms with Crippen molar-refractivity contribution in [1.29, 1.82) is 0 Å². The summed E-state index contributed by atoms with van der Waals surface area (Å²) < 4.78 is 27.7. The van der Waals surface area contributed by atoms with Crippen molar-refractivity contribution in [2.24, 2.45) is 5.92 Å². The highest BCUT2D eigenvalue weighted by Crippen LogP contribution is 2.14. The Labute approximate surface area is 109 Å². The third kappa shape index (κ3) is 4.55. The van der Waals surface area contributed by atoms with Crippen LogP contribution >= 0.6 is 0 Å². The van der Waals surface area contributed by atoms with Crippen LogP contribution in [-0.2, 0) is 15.0 Å². The molecule has 1 fully saturated rings. The fourth-order valence-corrected chi connectivity index (χ4v) is 3.47. The average Bonchev–Trinajstić information content (AvgIpc) is 2.28. The van der Waals surface area contributed by atoms with Crippen LogP contribution in [0.25, 0.3) is 0 Å². The molecule has 0 amide bonds. The SMILES string of the molecule is CC(C)CC(NS(=O)(=O)N1CCCCC1)C(=O)O. The standard InChI is InChI=1S/C11H22N2O4S/c1-9(2)8-10(11(14)15)12-18(16,17)13-6-4-3-5-7-13/h9-10,12H,3-8H2,1-2H3,(H,14,15). The minimum atomic E-state index is -3.67. The molecule has 6 nitrogen and oxygen atoms in total. The molecular formula is C11H22N2O4S. The molecule has 1 unspecified atom stereocenters. The molecular weight excluding hydrogens is 256 g/mol. The second-order valence-corrected chi connectivity index (χ2v) is 6.81. The molecule has 0 aromatic heterocycles. The highest BCUT2D eigenvalue weighted by atomic mass is 32.2. The minimum absolute atomic E-state index is 0.121. The number of hydrogen-bond donors (Lipinski definition) is 2. The van der Waals surface area contributed by atoms with Crippen LogP contribution in [0.1, 0.15) is 39.5 Å². The Morgan fingerprint density at radius 2 is 1.83 bits per heavy atom. The van der Waals surface area contributed by atoms with Crippen molar-refractivity contribution in [1.82, 2.24) is 9.03 Å². The van der Waals surface area contributed by atoms with Crippen molar-refractivity contribution < 1.29 is 18.3 Å². The van der Waals surface area contributed by atoms with Gasteiger partial charge in [-0.3, -0.25) is 4.79 Å². The number of nitrogens with one attached hydrogen (secondary N) is 1.